The summed E-state index contributed by atoms with van der Waals surface area (Å²) in [5.74, 6) is -1.37. The number of hydrogen-bond donors (Lipinski definition) is 1. The molecule has 0 spiro atoms. The van der Waals surface area contributed by atoms with E-state index in [0.717, 1.165) is 11.6 Å². The van der Waals surface area contributed by atoms with Crippen molar-refractivity contribution in [3.05, 3.63) is 68.7 Å². The maximum Gasteiger partial charge on any atom is 0.338 e. The molecular formula is C16H13ClN2O5. The molecule has 0 aromatic heterocycles. The van der Waals surface area contributed by atoms with E-state index in [-0.39, 0.29) is 10.6 Å². The van der Waals surface area contributed by atoms with Gasteiger partial charge in [-0.05, 0) is 31.2 Å². The van der Waals surface area contributed by atoms with Crippen LogP contribution in [-0.2, 0) is 9.53 Å². The van der Waals surface area contributed by atoms with E-state index in [4.69, 9.17) is 16.3 Å². The van der Waals surface area contributed by atoms with Gasteiger partial charge in [-0.2, -0.15) is 0 Å². The summed E-state index contributed by atoms with van der Waals surface area (Å²) in [5, 5.41) is 13.3. The van der Waals surface area contributed by atoms with E-state index in [0.29, 0.717) is 5.69 Å². The third-order valence-electron chi connectivity index (χ3n) is 3.05. The first-order valence-electron chi connectivity index (χ1n) is 6.84. The molecule has 0 saturated heterocycles. The SMILES string of the molecule is Cc1ccc(NC(=O)COC(=O)c2ccc(Cl)c([N+](=O)[O-])c2)cc1. The summed E-state index contributed by atoms with van der Waals surface area (Å²) in [7, 11) is 0. The van der Waals surface area contributed by atoms with E-state index >= 15 is 0 Å². The third kappa shape index (κ3) is 4.53. The molecule has 0 aliphatic carbocycles. The van der Waals surface area contributed by atoms with E-state index < -0.39 is 29.1 Å². The van der Waals surface area contributed by atoms with Crippen molar-refractivity contribution < 1.29 is 19.2 Å². The summed E-state index contributed by atoms with van der Waals surface area (Å²) in [5.41, 5.74) is 1.15. The van der Waals surface area contributed by atoms with Gasteiger partial charge in [0.15, 0.2) is 6.61 Å². The number of benzene rings is 2. The van der Waals surface area contributed by atoms with Crippen molar-refractivity contribution >= 4 is 34.9 Å². The van der Waals surface area contributed by atoms with Crippen LogP contribution in [0.2, 0.25) is 5.02 Å². The van der Waals surface area contributed by atoms with Crippen LogP contribution in [0.1, 0.15) is 15.9 Å². The number of nitro benzene ring substituents is 1. The van der Waals surface area contributed by atoms with E-state index in [2.05, 4.69) is 5.32 Å². The average Bonchev–Trinajstić information content (AvgIpc) is 2.55. The number of hydrogen-bond acceptors (Lipinski definition) is 5. The molecule has 0 aliphatic rings. The molecule has 0 unspecified atom stereocenters. The highest BCUT2D eigenvalue weighted by molar-refractivity contribution is 6.32. The number of anilines is 1. The molecule has 1 N–H and O–H groups in total. The first-order chi connectivity index (χ1) is 11.4. The Morgan fingerprint density at radius 3 is 2.50 bits per heavy atom. The second-order valence-electron chi connectivity index (χ2n) is 4.91. The number of amides is 1. The molecule has 1 amide bonds. The standard InChI is InChI=1S/C16H13ClN2O5/c1-10-2-5-12(6-3-10)18-15(20)9-24-16(21)11-4-7-13(17)14(8-11)19(22)23/h2-8H,9H2,1H3,(H,18,20). The minimum Gasteiger partial charge on any atom is -0.452 e. The lowest BCUT2D eigenvalue weighted by atomic mass is 10.2. The minimum atomic E-state index is -0.853. The van der Waals surface area contributed by atoms with Crippen LogP contribution in [0.25, 0.3) is 0 Å². The summed E-state index contributed by atoms with van der Waals surface area (Å²) in [6, 6.07) is 10.6. The first-order valence-corrected chi connectivity index (χ1v) is 7.22. The van der Waals surface area contributed by atoms with Crippen molar-refractivity contribution in [2.75, 3.05) is 11.9 Å². The number of carbonyl (C=O) groups excluding carboxylic acids is 2. The van der Waals surface area contributed by atoms with Crippen LogP contribution in [0.4, 0.5) is 11.4 Å². The zero-order valence-electron chi connectivity index (χ0n) is 12.6. The number of halogens is 1. The molecule has 0 fully saturated rings. The summed E-state index contributed by atoms with van der Waals surface area (Å²) < 4.78 is 4.84. The van der Waals surface area contributed by atoms with Crippen molar-refractivity contribution in [3.8, 4) is 0 Å². The molecule has 0 saturated carbocycles. The number of ether oxygens (including phenoxy) is 1. The number of aryl methyl sites for hydroxylation is 1. The van der Waals surface area contributed by atoms with Gasteiger partial charge in [0.25, 0.3) is 11.6 Å². The van der Waals surface area contributed by atoms with Gasteiger partial charge in [-0.1, -0.05) is 29.3 Å². The van der Waals surface area contributed by atoms with Crippen LogP contribution in [0.5, 0.6) is 0 Å². The zero-order valence-corrected chi connectivity index (χ0v) is 13.4. The van der Waals surface area contributed by atoms with Gasteiger partial charge in [0.1, 0.15) is 5.02 Å². The Hall–Kier alpha value is -2.93. The lowest BCUT2D eigenvalue weighted by Gasteiger charge is -2.07. The molecule has 0 aliphatic heterocycles. The summed E-state index contributed by atoms with van der Waals surface area (Å²) in [6.07, 6.45) is 0. The number of rotatable bonds is 5. The Labute approximate surface area is 142 Å². The maximum absolute atomic E-state index is 11.9. The van der Waals surface area contributed by atoms with Crippen LogP contribution in [0.3, 0.4) is 0 Å². The zero-order chi connectivity index (χ0) is 17.7. The van der Waals surface area contributed by atoms with Crippen molar-refractivity contribution in [2.45, 2.75) is 6.92 Å². The van der Waals surface area contributed by atoms with Gasteiger partial charge in [0.05, 0.1) is 10.5 Å². The van der Waals surface area contributed by atoms with Gasteiger partial charge in [-0.25, -0.2) is 4.79 Å². The fourth-order valence-electron chi connectivity index (χ4n) is 1.83. The van der Waals surface area contributed by atoms with E-state index in [1.807, 2.05) is 19.1 Å². The highest BCUT2D eigenvalue weighted by Gasteiger charge is 2.17. The Bertz CT molecular complexity index is 790. The number of nitrogens with zero attached hydrogens (tertiary/aromatic N) is 1. The summed E-state index contributed by atoms with van der Waals surface area (Å²) >= 11 is 5.67. The molecule has 2 aromatic rings. The molecule has 2 aromatic carbocycles. The quantitative estimate of drug-likeness (QED) is 0.507. The molecule has 0 radical (unpaired) electrons. The topological polar surface area (TPSA) is 98.5 Å². The van der Waals surface area contributed by atoms with Crippen molar-refractivity contribution in [1.29, 1.82) is 0 Å². The Morgan fingerprint density at radius 2 is 1.88 bits per heavy atom. The molecule has 7 nitrogen and oxygen atoms in total. The molecule has 0 heterocycles. The second-order valence-corrected chi connectivity index (χ2v) is 5.32. The molecule has 0 atom stereocenters. The van der Waals surface area contributed by atoms with Crippen molar-refractivity contribution in [3.63, 3.8) is 0 Å². The predicted octanol–water partition coefficient (Wildman–Crippen LogP) is 3.35. The van der Waals surface area contributed by atoms with Crippen LogP contribution in [0, 0.1) is 17.0 Å². The predicted molar refractivity (Wildman–Crippen MR) is 88.2 cm³/mol. The van der Waals surface area contributed by atoms with E-state index in [1.165, 1.54) is 12.1 Å². The van der Waals surface area contributed by atoms with Crippen LogP contribution < -0.4 is 5.32 Å². The largest absolute Gasteiger partial charge is 0.452 e. The van der Waals surface area contributed by atoms with Crippen LogP contribution in [0.15, 0.2) is 42.5 Å². The van der Waals surface area contributed by atoms with Crippen molar-refractivity contribution in [1.82, 2.24) is 0 Å². The van der Waals surface area contributed by atoms with Crippen LogP contribution in [-0.4, -0.2) is 23.4 Å². The normalized spacial score (nSPS) is 10.1. The molecule has 8 heteroatoms. The molecule has 124 valence electrons. The lowest BCUT2D eigenvalue weighted by molar-refractivity contribution is -0.384. The monoisotopic (exact) mass is 348 g/mol. The van der Waals surface area contributed by atoms with Gasteiger partial charge in [0.2, 0.25) is 0 Å². The lowest BCUT2D eigenvalue weighted by Crippen LogP contribution is -2.21. The highest BCUT2D eigenvalue weighted by atomic mass is 35.5. The summed E-state index contributed by atoms with van der Waals surface area (Å²) in [6.45, 7) is 1.40. The summed E-state index contributed by atoms with van der Waals surface area (Å²) in [4.78, 5) is 33.7. The second kappa shape index (κ2) is 7.56. The fraction of sp³-hybridized carbons (Fsp3) is 0.125. The molecule has 0 bridgehead atoms. The fourth-order valence-corrected chi connectivity index (χ4v) is 2.01. The van der Waals surface area contributed by atoms with Crippen molar-refractivity contribution in [2.24, 2.45) is 0 Å². The maximum atomic E-state index is 11.9. The molecular weight excluding hydrogens is 336 g/mol. The van der Waals surface area contributed by atoms with Crippen LogP contribution >= 0.6 is 11.6 Å². The number of carbonyl (C=O) groups is 2. The average molecular weight is 349 g/mol. The Balaban J connectivity index is 1.95. The van der Waals surface area contributed by atoms with Gasteiger partial charge in [0, 0.05) is 11.8 Å². The van der Waals surface area contributed by atoms with E-state index in [9.17, 15) is 19.7 Å². The molecule has 2 rings (SSSR count). The first kappa shape index (κ1) is 17.4. The number of nitro groups is 1. The third-order valence-corrected chi connectivity index (χ3v) is 3.37. The smallest absolute Gasteiger partial charge is 0.338 e. The Kier molecular flexibility index (Phi) is 5.49. The van der Waals surface area contributed by atoms with Gasteiger partial charge in [-0.3, -0.25) is 14.9 Å². The molecule has 24 heavy (non-hydrogen) atoms. The van der Waals surface area contributed by atoms with Gasteiger partial charge < -0.3 is 10.1 Å². The minimum absolute atomic E-state index is 0.0609. The number of esters is 1. The Morgan fingerprint density at radius 1 is 1.21 bits per heavy atom. The van der Waals surface area contributed by atoms with Gasteiger partial charge in [-0.15, -0.1) is 0 Å². The number of nitrogens with one attached hydrogen (secondary N) is 1. The highest BCUT2D eigenvalue weighted by Crippen LogP contribution is 2.25. The van der Waals surface area contributed by atoms with Gasteiger partial charge >= 0.3 is 5.97 Å². The van der Waals surface area contributed by atoms with E-state index in [1.54, 1.807) is 12.1 Å².